The van der Waals surface area contributed by atoms with Crippen molar-refractivity contribution in [3.63, 3.8) is 0 Å². The van der Waals surface area contributed by atoms with Crippen LogP contribution in [0.4, 0.5) is 0 Å². The lowest BCUT2D eigenvalue weighted by molar-refractivity contribution is -0.0445. The first-order valence-corrected chi connectivity index (χ1v) is 7.73. The first-order valence-electron chi connectivity index (χ1n) is 7.73. The van der Waals surface area contributed by atoms with Crippen molar-refractivity contribution in [2.75, 3.05) is 6.61 Å². The zero-order chi connectivity index (χ0) is 14.5. The minimum atomic E-state index is 0.0170. The van der Waals surface area contributed by atoms with Gasteiger partial charge in [-0.15, -0.1) is 0 Å². The second-order valence-electron chi connectivity index (χ2n) is 5.92. The average molecular weight is 277 g/mol. The molecule has 3 nitrogen and oxygen atoms in total. The molecule has 2 N–H and O–H groups in total. The predicted molar refractivity (Wildman–Crippen MR) is 81.8 cm³/mol. The van der Waals surface area contributed by atoms with Gasteiger partial charge in [0.25, 0.3) is 0 Å². The van der Waals surface area contributed by atoms with Gasteiger partial charge in [-0.1, -0.05) is 31.2 Å². The number of benzene rings is 1. The third-order valence-corrected chi connectivity index (χ3v) is 4.11. The van der Waals surface area contributed by atoms with Crippen molar-refractivity contribution in [1.82, 2.24) is 5.32 Å². The largest absolute Gasteiger partial charge is 0.394 e. The van der Waals surface area contributed by atoms with E-state index in [1.807, 2.05) is 0 Å². The van der Waals surface area contributed by atoms with E-state index < -0.39 is 0 Å². The van der Waals surface area contributed by atoms with Gasteiger partial charge in [0.15, 0.2) is 0 Å². The molecule has 1 aliphatic heterocycles. The van der Waals surface area contributed by atoms with Crippen LogP contribution in [0.2, 0.25) is 0 Å². The summed E-state index contributed by atoms with van der Waals surface area (Å²) in [5.74, 6) is 0. The van der Waals surface area contributed by atoms with Gasteiger partial charge >= 0.3 is 0 Å². The van der Waals surface area contributed by atoms with Gasteiger partial charge in [-0.25, -0.2) is 0 Å². The van der Waals surface area contributed by atoms with E-state index in [2.05, 4.69) is 50.4 Å². The standard InChI is InChI=1S/C17H27NO2/c1-4-14-5-7-15(8-6-14)17(11-19)18-16-9-12(2)20-13(3)10-16/h5-8,12-13,16-19H,4,9-11H2,1-3H3. The van der Waals surface area contributed by atoms with Crippen LogP contribution in [0, 0.1) is 0 Å². The Balaban J connectivity index is 2.00. The van der Waals surface area contributed by atoms with Crippen molar-refractivity contribution in [2.24, 2.45) is 0 Å². The SMILES string of the molecule is CCc1ccc(C(CO)NC2CC(C)OC(C)C2)cc1. The van der Waals surface area contributed by atoms with Crippen LogP contribution >= 0.6 is 0 Å². The fourth-order valence-electron chi connectivity index (χ4n) is 3.07. The zero-order valence-electron chi connectivity index (χ0n) is 12.8. The number of aliphatic hydroxyl groups excluding tert-OH is 1. The maximum atomic E-state index is 9.67. The third kappa shape index (κ3) is 4.05. The summed E-state index contributed by atoms with van der Waals surface area (Å²) in [7, 11) is 0. The summed E-state index contributed by atoms with van der Waals surface area (Å²) in [6.07, 6.45) is 3.64. The number of aryl methyl sites for hydroxylation is 1. The molecule has 3 unspecified atom stereocenters. The highest BCUT2D eigenvalue weighted by atomic mass is 16.5. The number of rotatable bonds is 5. The van der Waals surface area contributed by atoms with Crippen LogP contribution in [-0.4, -0.2) is 30.0 Å². The molecule has 1 saturated heterocycles. The number of hydrogen-bond donors (Lipinski definition) is 2. The van der Waals surface area contributed by atoms with Crippen molar-refractivity contribution in [2.45, 2.75) is 64.3 Å². The summed E-state index contributed by atoms with van der Waals surface area (Å²) >= 11 is 0. The van der Waals surface area contributed by atoms with Crippen LogP contribution in [0.3, 0.4) is 0 Å². The van der Waals surface area contributed by atoms with Crippen molar-refractivity contribution in [1.29, 1.82) is 0 Å². The van der Waals surface area contributed by atoms with Gasteiger partial charge in [-0.3, -0.25) is 0 Å². The van der Waals surface area contributed by atoms with E-state index >= 15 is 0 Å². The quantitative estimate of drug-likeness (QED) is 0.869. The molecule has 0 saturated carbocycles. The van der Waals surface area contributed by atoms with Gasteiger partial charge in [-0.05, 0) is 44.2 Å². The van der Waals surface area contributed by atoms with Crippen molar-refractivity contribution < 1.29 is 9.84 Å². The topological polar surface area (TPSA) is 41.5 Å². The molecule has 2 rings (SSSR count). The van der Waals surface area contributed by atoms with Crippen LogP contribution in [0.25, 0.3) is 0 Å². The normalized spacial score (nSPS) is 28.3. The summed E-state index contributed by atoms with van der Waals surface area (Å²) in [4.78, 5) is 0. The van der Waals surface area contributed by atoms with E-state index in [1.54, 1.807) is 0 Å². The number of hydrogen-bond acceptors (Lipinski definition) is 3. The number of nitrogens with one attached hydrogen (secondary N) is 1. The van der Waals surface area contributed by atoms with Crippen LogP contribution < -0.4 is 5.32 Å². The molecule has 0 aliphatic carbocycles. The highest BCUT2D eigenvalue weighted by Crippen LogP contribution is 2.22. The second-order valence-corrected chi connectivity index (χ2v) is 5.92. The van der Waals surface area contributed by atoms with Gasteiger partial charge in [-0.2, -0.15) is 0 Å². The molecule has 20 heavy (non-hydrogen) atoms. The van der Waals surface area contributed by atoms with Crippen LogP contribution in [0.5, 0.6) is 0 Å². The fraction of sp³-hybridized carbons (Fsp3) is 0.647. The van der Waals surface area contributed by atoms with E-state index in [-0.39, 0.29) is 24.9 Å². The molecule has 1 heterocycles. The van der Waals surface area contributed by atoms with Crippen molar-refractivity contribution in [3.05, 3.63) is 35.4 Å². The molecule has 1 aliphatic rings. The van der Waals surface area contributed by atoms with E-state index in [1.165, 1.54) is 5.56 Å². The molecule has 0 spiro atoms. The molecule has 112 valence electrons. The first kappa shape index (κ1) is 15.5. The number of aliphatic hydroxyl groups is 1. The summed E-state index contributed by atoms with van der Waals surface area (Å²) in [5, 5.41) is 13.3. The maximum absolute atomic E-state index is 9.67. The molecule has 0 bridgehead atoms. The maximum Gasteiger partial charge on any atom is 0.0626 e. The molecule has 0 aromatic heterocycles. The summed E-state index contributed by atoms with van der Waals surface area (Å²) in [6, 6.07) is 8.97. The summed E-state index contributed by atoms with van der Waals surface area (Å²) in [6.45, 7) is 6.52. The Morgan fingerprint density at radius 3 is 2.30 bits per heavy atom. The lowest BCUT2D eigenvalue weighted by atomic mass is 9.97. The van der Waals surface area contributed by atoms with Crippen LogP contribution in [0.15, 0.2) is 24.3 Å². The lowest BCUT2D eigenvalue weighted by Crippen LogP contribution is -2.43. The Morgan fingerprint density at radius 2 is 1.80 bits per heavy atom. The summed E-state index contributed by atoms with van der Waals surface area (Å²) in [5.41, 5.74) is 2.50. The molecule has 3 atom stereocenters. The van der Waals surface area contributed by atoms with Gasteiger partial charge in [0.05, 0.1) is 24.9 Å². The molecule has 3 heteroatoms. The van der Waals surface area contributed by atoms with Crippen molar-refractivity contribution >= 4 is 0 Å². The van der Waals surface area contributed by atoms with Gasteiger partial charge < -0.3 is 15.2 Å². The second kappa shape index (κ2) is 7.21. The molecular weight excluding hydrogens is 250 g/mol. The Kier molecular flexibility index (Phi) is 5.58. The number of ether oxygens (including phenoxy) is 1. The smallest absolute Gasteiger partial charge is 0.0626 e. The van der Waals surface area contributed by atoms with Gasteiger partial charge in [0.2, 0.25) is 0 Å². The first-order chi connectivity index (χ1) is 9.62. The Morgan fingerprint density at radius 1 is 1.20 bits per heavy atom. The van der Waals surface area contributed by atoms with E-state index in [9.17, 15) is 5.11 Å². The van der Waals surface area contributed by atoms with Crippen LogP contribution in [-0.2, 0) is 11.2 Å². The zero-order valence-corrected chi connectivity index (χ0v) is 12.8. The molecule has 1 aromatic carbocycles. The van der Waals surface area contributed by atoms with Crippen LogP contribution in [0.1, 0.15) is 50.8 Å². The van der Waals surface area contributed by atoms with Gasteiger partial charge in [0.1, 0.15) is 0 Å². The predicted octanol–water partition coefficient (Wildman–Crippen LogP) is 2.83. The third-order valence-electron chi connectivity index (χ3n) is 4.11. The van der Waals surface area contributed by atoms with E-state index in [4.69, 9.17) is 4.74 Å². The lowest BCUT2D eigenvalue weighted by Gasteiger charge is -2.34. The minimum Gasteiger partial charge on any atom is -0.394 e. The van der Waals surface area contributed by atoms with E-state index in [0.717, 1.165) is 24.8 Å². The minimum absolute atomic E-state index is 0.0170. The Bertz CT molecular complexity index is 394. The molecule has 0 amide bonds. The average Bonchev–Trinajstić information content (AvgIpc) is 2.44. The Hall–Kier alpha value is -0.900. The fourth-order valence-corrected chi connectivity index (χ4v) is 3.07. The molecule has 1 fully saturated rings. The Labute approximate surface area is 122 Å². The molecule has 0 radical (unpaired) electrons. The summed E-state index contributed by atoms with van der Waals surface area (Å²) < 4.78 is 5.77. The van der Waals surface area contributed by atoms with E-state index in [0.29, 0.717) is 6.04 Å². The van der Waals surface area contributed by atoms with Gasteiger partial charge in [0, 0.05) is 6.04 Å². The highest BCUT2D eigenvalue weighted by molar-refractivity contribution is 5.25. The monoisotopic (exact) mass is 277 g/mol. The highest BCUT2D eigenvalue weighted by Gasteiger charge is 2.26. The molecule has 1 aromatic rings. The van der Waals surface area contributed by atoms with Crippen molar-refractivity contribution in [3.8, 4) is 0 Å². The molecular formula is C17H27NO2.